The Bertz CT molecular complexity index is 830. The molecule has 1 atom stereocenters. The fourth-order valence-electron chi connectivity index (χ4n) is 2.13. The average Bonchev–Trinajstić information content (AvgIpc) is 3.24. The molecule has 23 heavy (non-hydrogen) atoms. The van der Waals surface area contributed by atoms with Crippen LogP contribution in [0.5, 0.6) is 0 Å². The summed E-state index contributed by atoms with van der Waals surface area (Å²) in [5.74, 6) is 0.830. The molecule has 0 radical (unpaired) electrons. The van der Waals surface area contributed by atoms with E-state index in [1.807, 2.05) is 0 Å². The monoisotopic (exact) mass is 311 g/mol. The molecule has 2 N–H and O–H groups in total. The third-order valence-electron chi connectivity index (χ3n) is 3.21. The smallest absolute Gasteiger partial charge is 0.221 e. The molecule has 0 aliphatic rings. The van der Waals surface area contributed by atoms with E-state index in [1.54, 1.807) is 42.5 Å². The molecule has 2 heterocycles. The van der Waals surface area contributed by atoms with Crippen LogP contribution in [0.1, 0.15) is 16.3 Å². The number of rotatable bonds is 5. The average molecular weight is 311 g/mol. The molecule has 1 aromatic carbocycles. The van der Waals surface area contributed by atoms with Crippen molar-refractivity contribution in [3.63, 3.8) is 0 Å². The van der Waals surface area contributed by atoms with E-state index in [4.69, 9.17) is 8.83 Å². The fourth-order valence-corrected chi connectivity index (χ4v) is 2.13. The Morgan fingerprint density at radius 3 is 2.70 bits per heavy atom. The van der Waals surface area contributed by atoms with Crippen LogP contribution in [0.3, 0.4) is 0 Å². The van der Waals surface area contributed by atoms with Gasteiger partial charge in [-0.25, -0.2) is 5.21 Å². The van der Waals surface area contributed by atoms with Crippen LogP contribution in [0, 0.1) is 5.21 Å². The maximum atomic E-state index is 11.8. The van der Waals surface area contributed by atoms with Crippen LogP contribution < -0.4 is 5.23 Å². The first-order valence-electron chi connectivity index (χ1n) is 6.83. The van der Waals surface area contributed by atoms with Gasteiger partial charge in [0.05, 0.1) is 11.8 Å². The summed E-state index contributed by atoms with van der Waals surface area (Å²) in [6, 6.07) is 13.1. The van der Waals surface area contributed by atoms with Crippen molar-refractivity contribution in [2.75, 3.05) is 0 Å². The first-order valence-corrected chi connectivity index (χ1v) is 6.83. The first kappa shape index (κ1) is 15.0. The summed E-state index contributed by atoms with van der Waals surface area (Å²) in [7, 11) is 0. The van der Waals surface area contributed by atoms with Crippen LogP contribution in [0.15, 0.2) is 69.7 Å². The van der Waals surface area contributed by atoms with Gasteiger partial charge in [0, 0.05) is 6.07 Å². The van der Waals surface area contributed by atoms with E-state index in [1.165, 1.54) is 24.5 Å². The van der Waals surface area contributed by atoms with E-state index < -0.39 is 5.23 Å². The van der Waals surface area contributed by atoms with Gasteiger partial charge in [0.2, 0.25) is 5.78 Å². The number of hydrogen-bond donors (Lipinski definition) is 2. The molecule has 116 valence electrons. The second-order valence-electron chi connectivity index (χ2n) is 4.73. The predicted octanol–water partition coefficient (Wildman–Crippen LogP) is 2.84. The van der Waals surface area contributed by atoms with Gasteiger partial charge in [0.25, 0.3) is 0 Å². The molecule has 3 aromatic rings. The van der Waals surface area contributed by atoms with Crippen LogP contribution in [0.4, 0.5) is 5.69 Å². The molecule has 6 nitrogen and oxygen atoms in total. The molecule has 0 bridgehead atoms. The lowest BCUT2D eigenvalue weighted by atomic mass is 10.1. The molecule has 3 rings (SSSR count). The van der Waals surface area contributed by atoms with Gasteiger partial charge < -0.3 is 14.0 Å². The van der Waals surface area contributed by atoms with Gasteiger partial charge in [0.15, 0.2) is 11.4 Å². The highest BCUT2D eigenvalue weighted by Gasteiger charge is 2.13. The van der Waals surface area contributed by atoms with Gasteiger partial charge in [-0.3, -0.25) is 4.79 Å². The summed E-state index contributed by atoms with van der Waals surface area (Å²) >= 11 is 0. The number of benzene rings is 1. The molecule has 0 aliphatic carbocycles. The van der Waals surface area contributed by atoms with E-state index in [9.17, 15) is 15.2 Å². The summed E-state index contributed by atoms with van der Waals surface area (Å²) in [6.45, 7) is 0. The van der Waals surface area contributed by atoms with Gasteiger partial charge in [-0.2, -0.15) is 5.23 Å². The van der Waals surface area contributed by atoms with Crippen LogP contribution in [0.25, 0.3) is 17.4 Å². The maximum absolute atomic E-state index is 11.8. The topological polar surface area (TPSA) is 91.1 Å². The highest BCUT2D eigenvalue weighted by Crippen LogP contribution is 2.27. The Hall–Kier alpha value is -2.93. The van der Waals surface area contributed by atoms with Crippen molar-refractivity contribution in [1.29, 1.82) is 0 Å². The second kappa shape index (κ2) is 6.45. The number of quaternary nitrogens is 1. The van der Waals surface area contributed by atoms with Crippen molar-refractivity contribution in [1.82, 2.24) is 0 Å². The lowest BCUT2D eigenvalue weighted by Gasteiger charge is -2.14. The van der Waals surface area contributed by atoms with Crippen molar-refractivity contribution in [3.05, 3.63) is 77.6 Å². The molecule has 0 saturated carbocycles. The van der Waals surface area contributed by atoms with Crippen molar-refractivity contribution >= 4 is 17.5 Å². The summed E-state index contributed by atoms with van der Waals surface area (Å²) < 4.78 is 10.6. The first-order chi connectivity index (χ1) is 11.1. The molecule has 2 aromatic heterocycles. The van der Waals surface area contributed by atoms with Crippen LogP contribution in [0.2, 0.25) is 0 Å². The van der Waals surface area contributed by atoms with E-state index in [2.05, 4.69) is 0 Å². The second-order valence-corrected chi connectivity index (χ2v) is 4.73. The molecule has 0 spiro atoms. The fraction of sp³-hybridized carbons (Fsp3) is 0. The van der Waals surface area contributed by atoms with E-state index in [-0.39, 0.29) is 17.2 Å². The number of nitrogens with one attached hydrogen (secondary N) is 1. The predicted molar refractivity (Wildman–Crippen MR) is 82.0 cm³/mol. The Balaban J connectivity index is 1.83. The quantitative estimate of drug-likeness (QED) is 0.429. The Morgan fingerprint density at radius 2 is 1.96 bits per heavy atom. The molecular formula is C17H13NO5. The van der Waals surface area contributed by atoms with E-state index in [0.29, 0.717) is 17.1 Å². The summed E-state index contributed by atoms with van der Waals surface area (Å²) in [5, 5.41) is 19.4. The number of ketones is 1. The standard InChI is InChI=1S/C17H13NO5/c19-15(17-6-3-11-22-17)9-7-12-8-10-16(23-12)13-4-1-2-5-14(13)18(20)21/h1-11,18,20H. The van der Waals surface area contributed by atoms with Crippen molar-refractivity contribution in [2.24, 2.45) is 0 Å². The molecule has 0 aliphatic heterocycles. The van der Waals surface area contributed by atoms with E-state index >= 15 is 0 Å². The number of carbonyl (C=O) groups is 1. The molecule has 0 fully saturated rings. The maximum Gasteiger partial charge on any atom is 0.221 e. The Labute approximate surface area is 131 Å². The van der Waals surface area contributed by atoms with Gasteiger partial charge in [-0.05, 0) is 42.5 Å². The number of hydrogen-bond acceptors (Lipinski definition) is 5. The highest BCUT2D eigenvalue weighted by molar-refractivity contribution is 6.04. The minimum absolute atomic E-state index is 0.157. The highest BCUT2D eigenvalue weighted by atomic mass is 16.8. The minimum atomic E-state index is -1.03. The molecule has 1 unspecified atom stereocenters. The zero-order chi connectivity index (χ0) is 16.2. The van der Waals surface area contributed by atoms with Crippen molar-refractivity contribution in [2.45, 2.75) is 0 Å². The van der Waals surface area contributed by atoms with E-state index in [0.717, 1.165) is 0 Å². The van der Waals surface area contributed by atoms with Gasteiger partial charge in [-0.1, -0.05) is 12.1 Å². The third-order valence-corrected chi connectivity index (χ3v) is 3.21. The Morgan fingerprint density at radius 1 is 1.13 bits per heavy atom. The third kappa shape index (κ3) is 3.29. The van der Waals surface area contributed by atoms with Crippen molar-refractivity contribution < 1.29 is 24.1 Å². The zero-order valence-corrected chi connectivity index (χ0v) is 11.9. The van der Waals surface area contributed by atoms with Crippen LogP contribution in [-0.2, 0) is 0 Å². The van der Waals surface area contributed by atoms with Gasteiger partial charge in [-0.15, -0.1) is 0 Å². The zero-order valence-electron chi connectivity index (χ0n) is 11.9. The molecular weight excluding hydrogens is 298 g/mol. The number of para-hydroxylation sites is 1. The van der Waals surface area contributed by atoms with Crippen LogP contribution >= 0.6 is 0 Å². The number of carbonyl (C=O) groups excluding carboxylic acids is 1. The summed E-state index contributed by atoms with van der Waals surface area (Å²) in [4.78, 5) is 11.8. The minimum Gasteiger partial charge on any atom is -0.595 e. The molecule has 6 heteroatoms. The summed E-state index contributed by atoms with van der Waals surface area (Å²) in [6.07, 6.45) is 4.27. The lowest BCUT2D eigenvalue weighted by Crippen LogP contribution is -2.99. The summed E-state index contributed by atoms with van der Waals surface area (Å²) in [5.41, 5.74) is 0.640. The number of furan rings is 2. The molecule has 0 amide bonds. The SMILES string of the molecule is O=C(C=Cc1ccc(-c2ccccc2[NH+]([O-])O)o1)c1ccco1. The van der Waals surface area contributed by atoms with Gasteiger partial charge in [0.1, 0.15) is 11.5 Å². The van der Waals surface area contributed by atoms with Crippen LogP contribution in [-0.4, -0.2) is 11.0 Å². The normalized spacial score (nSPS) is 12.6. The lowest BCUT2D eigenvalue weighted by molar-refractivity contribution is -0.991. The Kier molecular flexibility index (Phi) is 4.20. The van der Waals surface area contributed by atoms with Gasteiger partial charge >= 0.3 is 0 Å². The molecule has 0 saturated heterocycles. The number of allylic oxidation sites excluding steroid dienone is 1. The van der Waals surface area contributed by atoms with Crippen molar-refractivity contribution in [3.8, 4) is 11.3 Å². The largest absolute Gasteiger partial charge is 0.595 e.